The molecule has 0 bridgehead atoms. The second-order valence-corrected chi connectivity index (χ2v) is 9.19. The van der Waals surface area contributed by atoms with Crippen molar-refractivity contribution in [3.8, 4) is 0 Å². The summed E-state index contributed by atoms with van der Waals surface area (Å²) in [5, 5.41) is 5.35. The highest BCUT2D eigenvalue weighted by atomic mass is 32.2. The summed E-state index contributed by atoms with van der Waals surface area (Å²) < 4.78 is 7.30. The minimum Gasteiger partial charge on any atom is -0.376 e. The summed E-state index contributed by atoms with van der Waals surface area (Å²) in [7, 11) is 0. The summed E-state index contributed by atoms with van der Waals surface area (Å²) in [6.45, 7) is 3.06. The van der Waals surface area contributed by atoms with Crippen LogP contribution in [0.3, 0.4) is 0 Å². The van der Waals surface area contributed by atoms with E-state index in [0.717, 1.165) is 30.2 Å². The van der Waals surface area contributed by atoms with Crippen LogP contribution in [0.5, 0.6) is 0 Å². The fraction of sp³-hybridized carbons (Fsp3) is 0.333. The van der Waals surface area contributed by atoms with Crippen LogP contribution in [0.2, 0.25) is 0 Å². The number of hydrogen-bond donors (Lipinski definition) is 2. The number of benzene rings is 2. The molecule has 172 valence electrons. The zero-order valence-corrected chi connectivity index (χ0v) is 19.1. The molecule has 0 saturated carbocycles. The number of fused-ring (bicyclic) bond motifs is 1. The third kappa shape index (κ3) is 5.80. The Balaban J connectivity index is 1.46. The molecule has 2 aromatic carbocycles. The summed E-state index contributed by atoms with van der Waals surface area (Å²) in [6, 6.07) is 16.0. The predicted molar refractivity (Wildman–Crippen MR) is 127 cm³/mol. The molecule has 33 heavy (non-hydrogen) atoms. The summed E-state index contributed by atoms with van der Waals surface area (Å²) >= 11 is 1.15. The van der Waals surface area contributed by atoms with Gasteiger partial charge in [0, 0.05) is 13.2 Å². The Hall–Kier alpha value is -3.17. The molecule has 3 aromatic rings. The van der Waals surface area contributed by atoms with Gasteiger partial charge in [0.1, 0.15) is 0 Å². The van der Waals surface area contributed by atoms with Crippen LogP contribution in [0.1, 0.15) is 25.3 Å². The number of ether oxygens (including phenoxy) is 1. The van der Waals surface area contributed by atoms with E-state index in [1.54, 1.807) is 29.7 Å². The van der Waals surface area contributed by atoms with Crippen molar-refractivity contribution in [3.63, 3.8) is 0 Å². The van der Waals surface area contributed by atoms with Crippen molar-refractivity contribution in [1.82, 2.24) is 20.2 Å². The number of hydrogen-bond acceptors (Lipinski definition) is 6. The van der Waals surface area contributed by atoms with Gasteiger partial charge in [-0.1, -0.05) is 54.2 Å². The second kappa shape index (κ2) is 10.6. The lowest BCUT2D eigenvalue weighted by Gasteiger charge is -2.18. The van der Waals surface area contributed by atoms with E-state index >= 15 is 0 Å². The van der Waals surface area contributed by atoms with E-state index in [0.29, 0.717) is 35.8 Å². The minimum absolute atomic E-state index is 0.0575. The molecule has 1 aliphatic heterocycles. The fourth-order valence-corrected chi connectivity index (χ4v) is 4.56. The normalized spacial score (nSPS) is 16.5. The Morgan fingerprint density at radius 2 is 1.94 bits per heavy atom. The van der Waals surface area contributed by atoms with Gasteiger partial charge in [0.25, 0.3) is 5.56 Å². The summed E-state index contributed by atoms with van der Waals surface area (Å²) in [6.07, 6.45) is 1.78. The van der Waals surface area contributed by atoms with Gasteiger partial charge in [0.15, 0.2) is 5.16 Å². The molecule has 2 heterocycles. The zero-order valence-electron chi connectivity index (χ0n) is 18.3. The smallest absolute Gasteiger partial charge is 0.321 e. The molecule has 0 radical (unpaired) electrons. The van der Waals surface area contributed by atoms with E-state index in [-0.39, 0.29) is 11.7 Å². The molecule has 0 spiro atoms. The van der Waals surface area contributed by atoms with Gasteiger partial charge in [-0.3, -0.25) is 19.5 Å². The largest absolute Gasteiger partial charge is 0.376 e. The lowest BCUT2D eigenvalue weighted by Crippen LogP contribution is -2.42. The molecule has 1 saturated heterocycles. The van der Waals surface area contributed by atoms with Crippen LogP contribution in [0.15, 0.2) is 64.5 Å². The van der Waals surface area contributed by atoms with Crippen LogP contribution in [-0.2, 0) is 22.6 Å². The summed E-state index contributed by atoms with van der Waals surface area (Å²) in [4.78, 5) is 42.6. The maximum atomic E-state index is 13.2. The Morgan fingerprint density at radius 1 is 1.18 bits per heavy atom. The van der Waals surface area contributed by atoms with Crippen molar-refractivity contribution in [1.29, 1.82) is 0 Å². The zero-order chi connectivity index (χ0) is 23.2. The van der Waals surface area contributed by atoms with Crippen LogP contribution in [0, 0.1) is 0 Å². The van der Waals surface area contributed by atoms with Gasteiger partial charge in [0.2, 0.25) is 5.91 Å². The number of amides is 3. The molecule has 4 rings (SSSR count). The molecule has 2 N–H and O–H groups in total. The van der Waals surface area contributed by atoms with E-state index in [9.17, 15) is 14.4 Å². The highest BCUT2D eigenvalue weighted by molar-refractivity contribution is 8.00. The SMILES string of the molecule is C[C@H](Sc1nc2ccccc2c(=O)n1C[C@@H]1CCCO1)C(=O)NC(=O)NCc1ccccc1. The van der Waals surface area contributed by atoms with Gasteiger partial charge in [0.05, 0.1) is 28.8 Å². The van der Waals surface area contributed by atoms with Gasteiger partial charge >= 0.3 is 6.03 Å². The first-order valence-corrected chi connectivity index (χ1v) is 11.8. The Kier molecular flexibility index (Phi) is 7.41. The Bertz CT molecular complexity index is 1190. The molecule has 9 heteroatoms. The summed E-state index contributed by atoms with van der Waals surface area (Å²) in [5.41, 5.74) is 1.34. The number of nitrogens with zero attached hydrogens (tertiary/aromatic N) is 2. The summed E-state index contributed by atoms with van der Waals surface area (Å²) in [5.74, 6) is -0.461. The molecule has 8 nitrogen and oxygen atoms in total. The number of para-hydroxylation sites is 1. The lowest BCUT2D eigenvalue weighted by molar-refractivity contribution is -0.119. The van der Waals surface area contributed by atoms with Crippen LogP contribution >= 0.6 is 11.8 Å². The van der Waals surface area contributed by atoms with Gasteiger partial charge < -0.3 is 10.1 Å². The van der Waals surface area contributed by atoms with E-state index < -0.39 is 17.2 Å². The van der Waals surface area contributed by atoms with Crippen LogP contribution in [-0.4, -0.2) is 39.5 Å². The van der Waals surface area contributed by atoms with Crippen LogP contribution < -0.4 is 16.2 Å². The van der Waals surface area contributed by atoms with E-state index in [2.05, 4.69) is 15.6 Å². The average molecular weight is 467 g/mol. The van der Waals surface area contributed by atoms with E-state index in [4.69, 9.17) is 4.74 Å². The van der Waals surface area contributed by atoms with Gasteiger partial charge in [-0.15, -0.1) is 0 Å². The fourth-order valence-electron chi connectivity index (χ4n) is 3.64. The van der Waals surface area contributed by atoms with Gasteiger partial charge in [-0.25, -0.2) is 9.78 Å². The molecular formula is C24H26N4O4S. The molecule has 2 atom stereocenters. The van der Waals surface area contributed by atoms with Crippen LogP contribution in [0.25, 0.3) is 10.9 Å². The highest BCUT2D eigenvalue weighted by Gasteiger charge is 2.24. The number of imide groups is 1. The first kappa shape index (κ1) is 23.0. The topological polar surface area (TPSA) is 102 Å². The lowest BCUT2D eigenvalue weighted by atomic mass is 10.2. The maximum Gasteiger partial charge on any atom is 0.321 e. The number of aromatic nitrogens is 2. The molecule has 1 aromatic heterocycles. The van der Waals surface area contributed by atoms with Crippen molar-refractivity contribution in [3.05, 3.63) is 70.5 Å². The van der Waals surface area contributed by atoms with Crippen molar-refractivity contribution in [2.75, 3.05) is 6.61 Å². The Labute approximate surface area is 195 Å². The molecule has 1 aliphatic rings. The van der Waals surface area contributed by atoms with Crippen LogP contribution in [0.4, 0.5) is 4.79 Å². The first-order valence-electron chi connectivity index (χ1n) is 10.9. The third-order valence-corrected chi connectivity index (χ3v) is 6.51. The maximum absolute atomic E-state index is 13.2. The predicted octanol–water partition coefficient (Wildman–Crippen LogP) is 3.08. The average Bonchev–Trinajstić information content (AvgIpc) is 3.34. The number of carbonyl (C=O) groups excluding carboxylic acids is 2. The quantitative estimate of drug-likeness (QED) is 0.410. The number of carbonyl (C=O) groups is 2. The number of nitrogens with one attached hydrogen (secondary N) is 2. The van der Waals surface area contributed by atoms with E-state index in [1.165, 1.54) is 0 Å². The third-order valence-electron chi connectivity index (χ3n) is 5.42. The standard InChI is InChI=1S/C24H26N4O4S/c1-16(21(29)27-23(31)25-14-17-8-3-2-4-9-17)33-24-26-20-12-6-5-11-19(20)22(30)28(24)15-18-10-7-13-32-18/h2-6,8-9,11-12,16,18H,7,10,13-15H2,1H3,(H2,25,27,29,31)/t16-,18-/m0/s1. The van der Waals surface area contributed by atoms with E-state index in [1.807, 2.05) is 36.4 Å². The minimum atomic E-state index is -0.642. The van der Waals surface area contributed by atoms with Gasteiger partial charge in [-0.05, 0) is 37.5 Å². The first-order chi connectivity index (χ1) is 16.0. The highest BCUT2D eigenvalue weighted by Crippen LogP contribution is 2.24. The van der Waals surface area contributed by atoms with Gasteiger partial charge in [-0.2, -0.15) is 0 Å². The number of rotatable bonds is 7. The molecular weight excluding hydrogens is 440 g/mol. The molecule has 1 fully saturated rings. The monoisotopic (exact) mass is 466 g/mol. The van der Waals surface area contributed by atoms with Crippen molar-refractivity contribution in [2.24, 2.45) is 0 Å². The number of thioether (sulfide) groups is 1. The van der Waals surface area contributed by atoms with Crippen molar-refractivity contribution in [2.45, 2.75) is 49.4 Å². The Morgan fingerprint density at radius 3 is 2.70 bits per heavy atom. The number of urea groups is 1. The molecule has 0 aliphatic carbocycles. The van der Waals surface area contributed by atoms with Crippen molar-refractivity contribution < 1.29 is 14.3 Å². The molecule has 3 amide bonds. The van der Waals surface area contributed by atoms with Crippen molar-refractivity contribution >= 4 is 34.6 Å². The second-order valence-electron chi connectivity index (χ2n) is 7.88. The molecule has 0 unspecified atom stereocenters.